The third kappa shape index (κ3) is 2.95. The van der Waals surface area contributed by atoms with E-state index in [1.807, 2.05) is 13.8 Å². The van der Waals surface area contributed by atoms with E-state index in [0.717, 1.165) is 25.7 Å². The van der Waals surface area contributed by atoms with Crippen LogP contribution in [0.4, 0.5) is 0 Å². The van der Waals surface area contributed by atoms with Gasteiger partial charge < -0.3 is 30.6 Å². The molecule has 6 nitrogen and oxygen atoms in total. The van der Waals surface area contributed by atoms with Gasteiger partial charge in [0.2, 0.25) is 0 Å². The van der Waals surface area contributed by atoms with Crippen LogP contribution in [0.15, 0.2) is 11.6 Å². The van der Waals surface area contributed by atoms with Crippen molar-refractivity contribution in [2.75, 3.05) is 13.2 Å². The lowest BCUT2D eigenvalue weighted by Crippen LogP contribution is -2.71. The SMILES string of the molecule is CC1(C)C[C@@H]2C3=CCC4[C@]5(C)CC[C@@H](O)[C@@](C)(CO)C5CC[C@]4(C)[C@@]3(C)C[C@H](O)[C@]2(CO)[C@H](O)[C@H]1O. The Morgan fingerprint density at radius 2 is 1.44 bits per heavy atom. The summed E-state index contributed by atoms with van der Waals surface area (Å²) >= 11 is 0. The fraction of sp³-hybridized carbons (Fsp3) is 0.933. The maximum absolute atomic E-state index is 11.8. The number of fused-ring (bicyclic) bond motifs is 7. The predicted molar refractivity (Wildman–Crippen MR) is 138 cm³/mol. The van der Waals surface area contributed by atoms with Crippen LogP contribution in [0, 0.1) is 50.2 Å². The van der Waals surface area contributed by atoms with Crippen molar-refractivity contribution >= 4 is 0 Å². The first-order valence-electron chi connectivity index (χ1n) is 14.2. The van der Waals surface area contributed by atoms with Gasteiger partial charge in [-0.25, -0.2) is 0 Å². The van der Waals surface area contributed by atoms with E-state index >= 15 is 0 Å². The molecular weight excluding hydrogens is 456 g/mol. The van der Waals surface area contributed by atoms with Gasteiger partial charge in [-0.1, -0.05) is 53.2 Å². The van der Waals surface area contributed by atoms with Gasteiger partial charge in [0.05, 0.1) is 43.0 Å². The molecule has 0 bridgehead atoms. The molecule has 4 saturated carbocycles. The van der Waals surface area contributed by atoms with E-state index in [0.29, 0.717) is 25.2 Å². The molecule has 36 heavy (non-hydrogen) atoms. The molecule has 0 amide bonds. The summed E-state index contributed by atoms with van der Waals surface area (Å²) in [4.78, 5) is 0. The Hall–Kier alpha value is -0.500. The van der Waals surface area contributed by atoms with E-state index in [1.165, 1.54) is 5.57 Å². The molecule has 0 heterocycles. The first-order chi connectivity index (χ1) is 16.6. The molecule has 5 rings (SSSR count). The maximum atomic E-state index is 11.8. The molecule has 0 aliphatic heterocycles. The molecule has 0 aromatic rings. The van der Waals surface area contributed by atoms with Gasteiger partial charge in [-0.15, -0.1) is 0 Å². The first-order valence-corrected chi connectivity index (χ1v) is 14.2. The van der Waals surface area contributed by atoms with Crippen LogP contribution in [0.2, 0.25) is 0 Å². The molecule has 0 spiro atoms. The molecule has 0 saturated heterocycles. The first kappa shape index (κ1) is 27.1. The molecular formula is C30H50O6. The number of aliphatic hydroxyl groups is 6. The second-order valence-electron chi connectivity index (χ2n) is 15.1. The fourth-order valence-electron chi connectivity index (χ4n) is 10.9. The van der Waals surface area contributed by atoms with E-state index in [2.05, 4.69) is 33.8 Å². The van der Waals surface area contributed by atoms with Gasteiger partial charge in [0.15, 0.2) is 0 Å². The Labute approximate surface area is 216 Å². The van der Waals surface area contributed by atoms with Crippen molar-refractivity contribution in [2.45, 2.75) is 111 Å². The zero-order chi connectivity index (χ0) is 26.7. The smallest absolute Gasteiger partial charge is 0.0913 e. The molecule has 12 atom stereocenters. The number of hydrogen-bond acceptors (Lipinski definition) is 6. The quantitative estimate of drug-likeness (QED) is 0.320. The van der Waals surface area contributed by atoms with Crippen LogP contribution in [0.5, 0.6) is 0 Å². The van der Waals surface area contributed by atoms with Crippen LogP contribution < -0.4 is 0 Å². The van der Waals surface area contributed by atoms with Crippen molar-refractivity contribution < 1.29 is 30.6 Å². The number of aliphatic hydroxyl groups excluding tert-OH is 6. The second kappa shape index (κ2) is 8.02. The van der Waals surface area contributed by atoms with Gasteiger partial charge in [0.25, 0.3) is 0 Å². The van der Waals surface area contributed by atoms with Gasteiger partial charge in [-0.3, -0.25) is 0 Å². The summed E-state index contributed by atoms with van der Waals surface area (Å²) in [6.45, 7) is 12.7. The molecule has 0 aromatic carbocycles. The Morgan fingerprint density at radius 1 is 0.778 bits per heavy atom. The number of hydrogen-bond donors (Lipinski definition) is 6. The average Bonchev–Trinajstić information content (AvgIpc) is 2.81. The van der Waals surface area contributed by atoms with Crippen molar-refractivity contribution in [3.05, 3.63) is 11.6 Å². The number of rotatable bonds is 2. The molecule has 6 heteroatoms. The van der Waals surface area contributed by atoms with Gasteiger partial charge in [-0.2, -0.15) is 0 Å². The maximum Gasteiger partial charge on any atom is 0.0913 e. The monoisotopic (exact) mass is 506 g/mol. The van der Waals surface area contributed by atoms with Crippen LogP contribution in [0.3, 0.4) is 0 Å². The highest BCUT2D eigenvalue weighted by atomic mass is 16.3. The molecule has 5 aliphatic rings. The largest absolute Gasteiger partial charge is 0.396 e. The van der Waals surface area contributed by atoms with Gasteiger partial charge >= 0.3 is 0 Å². The highest BCUT2D eigenvalue weighted by molar-refractivity contribution is 5.36. The standard InChI is InChI=1S/C30H50O6/c1-25(2)13-18-17-7-8-20-26(3)11-10-21(33)27(4,15-31)19(26)9-12-28(20,5)29(17,6)14-22(34)30(18,16-32)24(36)23(25)35/h7,18-24,31-36H,8-16H2,1-6H3/t18-,19?,20?,21-,22+,23-,24-,26-,27+,28+,29+,30-/m1/s1. The Bertz CT molecular complexity index is 932. The summed E-state index contributed by atoms with van der Waals surface area (Å²) < 4.78 is 0. The summed E-state index contributed by atoms with van der Waals surface area (Å²) in [6.07, 6.45) is 4.21. The average molecular weight is 507 g/mol. The Morgan fingerprint density at radius 3 is 2.06 bits per heavy atom. The molecule has 0 aromatic heterocycles. The lowest BCUT2D eigenvalue weighted by atomic mass is 9.33. The van der Waals surface area contributed by atoms with Crippen molar-refractivity contribution in [1.82, 2.24) is 0 Å². The zero-order valence-corrected chi connectivity index (χ0v) is 23.2. The van der Waals surface area contributed by atoms with Crippen LogP contribution in [-0.4, -0.2) is 68.3 Å². The lowest BCUT2D eigenvalue weighted by Gasteiger charge is -2.72. The van der Waals surface area contributed by atoms with E-state index < -0.39 is 40.7 Å². The summed E-state index contributed by atoms with van der Waals surface area (Å²) in [5, 5.41) is 66.1. The molecule has 4 fully saturated rings. The highest BCUT2D eigenvalue weighted by Gasteiger charge is 2.72. The third-order valence-corrected chi connectivity index (χ3v) is 13.5. The molecule has 0 radical (unpaired) electrons. The summed E-state index contributed by atoms with van der Waals surface area (Å²) in [5.41, 5.74) is -1.40. The van der Waals surface area contributed by atoms with E-state index in [4.69, 9.17) is 0 Å². The van der Waals surface area contributed by atoms with Gasteiger partial charge in [0, 0.05) is 5.41 Å². The Balaban J connectivity index is 1.63. The molecule has 2 unspecified atom stereocenters. The van der Waals surface area contributed by atoms with Gasteiger partial charge in [-0.05, 0) is 84.4 Å². The van der Waals surface area contributed by atoms with Crippen molar-refractivity contribution in [2.24, 2.45) is 50.2 Å². The Kier molecular flexibility index (Phi) is 6.03. The van der Waals surface area contributed by atoms with E-state index in [9.17, 15) is 30.6 Å². The third-order valence-electron chi connectivity index (χ3n) is 13.5. The minimum Gasteiger partial charge on any atom is -0.396 e. The molecule has 6 N–H and O–H groups in total. The van der Waals surface area contributed by atoms with Crippen LogP contribution >= 0.6 is 0 Å². The van der Waals surface area contributed by atoms with Crippen LogP contribution in [-0.2, 0) is 0 Å². The molecule has 5 aliphatic carbocycles. The van der Waals surface area contributed by atoms with Crippen molar-refractivity contribution in [3.8, 4) is 0 Å². The fourth-order valence-corrected chi connectivity index (χ4v) is 10.9. The van der Waals surface area contributed by atoms with Gasteiger partial charge in [0.1, 0.15) is 0 Å². The second-order valence-corrected chi connectivity index (χ2v) is 15.1. The predicted octanol–water partition coefficient (Wildman–Crippen LogP) is 3.03. The summed E-state index contributed by atoms with van der Waals surface area (Å²) in [5.74, 6) is 0.367. The normalized spacial score (nSPS) is 58.1. The van der Waals surface area contributed by atoms with Crippen LogP contribution in [0.25, 0.3) is 0 Å². The highest BCUT2D eigenvalue weighted by Crippen LogP contribution is 2.75. The van der Waals surface area contributed by atoms with E-state index in [-0.39, 0.29) is 41.3 Å². The van der Waals surface area contributed by atoms with Crippen LogP contribution in [0.1, 0.15) is 86.5 Å². The number of allylic oxidation sites excluding steroid dienone is 2. The van der Waals surface area contributed by atoms with Crippen molar-refractivity contribution in [3.63, 3.8) is 0 Å². The minimum atomic E-state index is -1.19. The van der Waals surface area contributed by atoms with E-state index in [1.54, 1.807) is 0 Å². The lowest BCUT2D eigenvalue weighted by molar-refractivity contribution is -0.259. The summed E-state index contributed by atoms with van der Waals surface area (Å²) in [7, 11) is 0. The summed E-state index contributed by atoms with van der Waals surface area (Å²) in [6, 6.07) is 0. The molecule has 206 valence electrons. The van der Waals surface area contributed by atoms with Crippen molar-refractivity contribution in [1.29, 1.82) is 0 Å². The topological polar surface area (TPSA) is 121 Å². The minimum absolute atomic E-state index is 0.00861. The zero-order valence-electron chi connectivity index (χ0n) is 23.2.